The molecule has 0 rings (SSSR count). The molecular formula is C18H26O3. The maximum Gasteiger partial charge on any atom is 0.304 e. The number of unbranched alkanes of at least 4 members (excludes halogenated alkanes) is 5. The minimum atomic E-state index is -0.646. The highest BCUT2D eigenvalue weighted by atomic mass is 16.5. The number of aliphatic hydroxyl groups is 1. The first-order chi connectivity index (χ1) is 10.1. The predicted molar refractivity (Wildman–Crippen MR) is 85.3 cm³/mol. The third-order valence-electron chi connectivity index (χ3n) is 2.85. The average Bonchev–Trinajstić information content (AvgIpc) is 2.45. The molecule has 0 aliphatic rings. The molecule has 0 heterocycles. The van der Waals surface area contributed by atoms with Crippen LogP contribution >= 0.6 is 0 Å². The highest BCUT2D eigenvalue weighted by Crippen LogP contribution is 2.08. The van der Waals surface area contributed by atoms with E-state index in [0.717, 1.165) is 12.8 Å². The third kappa shape index (κ3) is 13.0. The van der Waals surface area contributed by atoms with Gasteiger partial charge >= 0.3 is 5.97 Å². The number of esters is 1. The van der Waals surface area contributed by atoms with Crippen molar-refractivity contribution in [2.24, 2.45) is 0 Å². The van der Waals surface area contributed by atoms with Crippen molar-refractivity contribution in [3.63, 3.8) is 0 Å². The van der Waals surface area contributed by atoms with Gasteiger partial charge in [-0.1, -0.05) is 51.5 Å². The second kappa shape index (κ2) is 13.3. The molecule has 0 spiro atoms. The van der Waals surface area contributed by atoms with Crippen LogP contribution in [0.25, 0.3) is 0 Å². The van der Waals surface area contributed by atoms with Crippen LogP contribution in [0.2, 0.25) is 0 Å². The molecule has 0 saturated carbocycles. The normalized spacial score (nSPS) is 12.1. The second-order valence-electron chi connectivity index (χ2n) is 4.88. The summed E-state index contributed by atoms with van der Waals surface area (Å²) in [6, 6.07) is 0. The Morgan fingerprint density at radius 3 is 2.43 bits per heavy atom. The second-order valence-corrected chi connectivity index (χ2v) is 4.88. The number of ether oxygens (including phenoxy) is 1. The molecule has 0 amide bonds. The maximum atomic E-state index is 10.8. The number of aliphatic hydroxyl groups excluding tert-OH is 1. The zero-order chi connectivity index (χ0) is 15.9. The molecule has 2 atom stereocenters. The van der Waals surface area contributed by atoms with Crippen LogP contribution in [0.15, 0.2) is 12.7 Å². The van der Waals surface area contributed by atoms with Crippen molar-refractivity contribution in [1.82, 2.24) is 0 Å². The van der Waals surface area contributed by atoms with Crippen molar-refractivity contribution in [1.29, 1.82) is 0 Å². The van der Waals surface area contributed by atoms with E-state index in [2.05, 4.69) is 37.2 Å². The lowest BCUT2D eigenvalue weighted by atomic mass is 10.1. The van der Waals surface area contributed by atoms with Crippen molar-refractivity contribution in [2.75, 3.05) is 0 Å². The molecule has 0 aliphatic heterocycles. The lowest BCUT2D eigenvalue weighted by molar-refractivity contribution is -0.142. The van der Waals surface area contributed by atoms with Crippen molar-refractivity contribution in [3.05, 3.63) is 12.7 Å². The molecule has 0 aromatic heterocycles. The lowest BCUT2D eigenvalue weighted by Crippen LogP contribution is -2.10. The summed E-state index contributed by atoms with van der Waals surface area (Å²) in [5.74, 6) is 10.1. The number of hydrogen-bond donors (Lipinski definition) is 1. The first-order valence-electron chi connectivity index (χ1n) is 7.59. The van der Waals surface area contributed by atoms with Crippen LogP contribution in [0.1, 0.15) is 58.8 Å². The van der Waals surface area contributed by atoms with Gasteiger partial charge in [-0.25, -0.2) is 0 Å². The van der Waals surface area contributed by atoms with Gasteiger partial charge in [0, 0.05) is 6.92 Å². The third-order valence-corrected chi connectivity index (χ3v) is 2.85. The minimum absolute atomic E-state index is 0.412. The van der Waals surface area contributed by atoms with Gasteiger partial charge in [0.15, 0.2) is 6.10 Å². The van der Waals surface area contributed by atoms with E-state index in [1.54, 1.807) is 0 Å². The Hall–Kier alpha value is -1.71. The van der Waals surface area contributed by atoms with Crippen molar-refractivity contribution in [3.8, 4) is 23.7 Å². The van der Waals surface area contributed by atoms with Crippen LogP contribution in [-0.4, -0.2) is 23.3 Å². The molecule has 116 valence electrons. The highest BCUT2D eigenvalue weighted by molar-refractivity contribution is 5.66. The van der Waals surface area contributed by atoms with E-state index < -0.39 is 18.2 Å². The molecular weight excluding hydrogens is 264 g/mol. The van der Waals surface area contributed by atoms with Crippen LogP contribution in [0, 0.1) is 23.7 Å². The number of rotatable bonds is 9. The molecule has 0 radical (unpaired) electrons. The molecule has 0 saturated heterocycles. The minimum Gasteiger partial charge on any atom is -0.445 e. The lowest BCUT2D eigenvalue weighted by Gasteiger charge is -2.03. The standard InChI is InChI=1S/C18H26O3/c1-4-6-7-8-9-10-13-17(20)14-11-12-15-18(5-2)21-16(3)19/h5,17-18,20H,2,4,6-10,13H2,1,3H3/t17-,18-/m1/s1. The molecule has 21 heavy (non-hydrogen) atoms. The van der Waals surface area contributed by atoms with Gasteiger partial charge in [0.1, 0.15) is 6.10 Å². The van der Waals surface area contributed by atoms with Crippen LogP contribution < -0.4 is 0 Å². The average molecular weight is 290 g/mol. The summed E-state index contributed by atoms with van der Waals surface area (Å²) < 4.78 is 4.86. The Morgan fingerprint density at radius 1 is 1.19 bits per heavy atom. The molecule has 0 bridgehead atoms. The van der Waals surface area contributed by atoms with Gasteiger partial charge in [0.25, 0.3) is 0 Å². The number of hydrogen-bond acceptors (Lipinski definition) is 3. The number of carbonyl (C=O) groups is 1. The van der Waals surface area contributed by atoms with E-state index in [9.17, 15) is 9.90 Å². The fourth-order valence-electron chi connectivity index (χ4n) is 1.73. The van der Waals surface area contributed by atoms with Crippen LogP contribution in [-0.2, 0) is 9.53 Å². The molecule has 0 unspecified atom stereocenters. The zero-order valence-corrected chi connectivity index (χ0v) is 13.2. The van der Waals surface area contributed by atoms with Crippen molar-refractivity contribution < 1.29 is 14.6 Å². The van der Waals surface area contributed by atoms with E-state index in [0.29, 0.717) is 6.42 Å². The summed E-state index contributed by atoms with van der Waals surface area (Å²) in [7, 11) is 0. The Kier molecular flexibility index (Phi) is 12.2. The van der Waals surface area contributed by atoms with Gasteiger partial charge in [-0.15, -0.1) is 0 Å². The molecule has 0 fully saturated rings. The van der Waals surface area contributed by atoms with Gasteiger partial charge in [-0.3, -0.25) is 4.79 Å². The van der Waals surface area contributed by atoms with Gasteiger partial charge in [0.05, 0.1) is 0 Å². The van der Waals surface area contributed by atoms with Gasteiger partial charge < -0.3 is 9.84 Å². The van der Waals surface area contributed by atoms with Crippen LogP contribution in [0.3, 0.4) is 0 Å². The van der Waals surface area contributed by atoms with Gasteiger partial charge in [0.2, 0.25) is 0 Å². The van der Waals surface area contributed by atoms with Crippen LogP contribution in [0.4, 0.5) is 0 Å². The fraction of sp³-hybridized carbons (Fsp3) is 0.611. The molecule has 3 heteroatoms. The molecule has 0 aromatic rings. The van der Waals surface area contributed by atoms with Gasteiger partial charge in [-0.05, 0) is 36.7 Å². The Bertz CT molecular complexity index is 417. The Balaban J connectivity index is 3.93. The first-order valence-corrected chi connectivity index (χ1v) is 7.59. The maximum absolute atomic E-state index is 10.8. The Labute approximate surface area is 128 Å². The summed E-state index contributed by atoms with van der Waals surface area (Å²) in [6.45, 7) is 7.03. The van der Waals surface area contributed by atoms with Crippen molar-refractivity contribution >= 4 is 5.97 Å². The number of carbonyl (C=O) groups excluding carboxylic acids is 1. The molecule has 0 aliphatic carbocycles. The summed E-state index contributed by atoms with van der Waals surface area (Å²) in [4.78, 5) is 10.8. The summed E-state index contributed by atoms with van der Waals surface area (Å²) in [6.07, 6.45) is 7.95. The summed E-state index contributed by atoms with van der Waals surface area (Å²) in [5.41, 5.74) is 0. The van der Waals surface area contributed by atoms with E-state index in [-0.39, 0.29) is 0 Å². The fourth-order valence-corrected chi connectivity index (χ4v) is 1.73. The van der Waals surface area contributed by atoms with E-state index in [1.807, 2.05) is 0 Å². The summed E-state index contributed by atoms with van der Waals surface area (Å²) in [5, 5.41) is 9.67. The van der Waals surface area contributed by atoms with E-state index in [1.165, 1.54) is 38.7 Å². The smallest absolute Gasteiger partial charge is 0.304 e. The largest absolute Gasteiger partial charge is 0.445 e. The summed E-state index contributed by atoms with van der Waals surface area (Å²) >= 11 is 0. The zero-order valence-electron chi connectivity index (χ0n) is 13.2. The monoisotopic (exact) mass is 290 g/mol. The Morgan fingerprint density at radius 2 is 1.81 bits per heavy atom. The van der Waals surface area contributed by atoms with Gasteiger partial charge in [-0.2, -0.15) is 0 Å². The quantitative estimate of drug-likeness (QED) is 0.307. The highest BCUT2D eigenvalue weighted by Gasteiger charge is 2.01. The molecule has 3 nitrogen and oxygen atoms in total. The molecule has 1 N–H and O–H groups in total. The van der Waals surface area contributed by atoms with E-state index in [4.69, 9.17) is 4.74 Å². The van der Waals surface area contributed by atoms with Crippen LogP contribution in [0.5, 0.6) is 0 Å². The van der Waals surface area contributed by atoms with E-state index >= 15 is 0 Å². The predicted octanol–water partition coefficient (Wildman–Crippen LogP) is 3.22. The van der Waals surface area contributed by atoms with Crippen molar-refractivity contribution in [2.45, 2.75) is 71.0 Å². The molecule has 0 aromatic carbocycles. The SMILES string of the molecule is C=C[C@H](C#CC#C[C@H](O)CCCCCCCC)OC(C)=O. The topological polar surface area (TPSA) is 46.5 Å². The first kappa shape index (κ1) is 19.3.